The van der Waals surface area contributed by atoms with Crippen LogP contribution in [0.15, 0.2) is 0 Å². The lowest BCUT2D eigenvalue weighted by molar-refractivity contribution is -0.134. The van der Waals surface area contributed by atoms with Crippen molar-refractivity contribution in [3.63, 3.8) is 0 Å². The fourth-order valence-corrected chi connectivity index (χ4v) is 0.684. The Morgan fingerprint density at radius 1 is 1.25 bits per heavy atom. The standard InChI is InChI=1S/C4H7F3.C3H9FSi/c1-2-3-4(5,6)7;4-2-1-3-5/h2-3H2,1H3;1-3H2,5H3. The third kappa shape index (κ3) is 22.5. The molecule has 0 bridgehead atoms. The van der Waals surface area contributed by atoms with Gasteiger partial charge in [-0.25, -0.2) is 0 Å². The molecule has 12 heavy (non-hydrogen) atoms. The third-order valence-electron chi connectivity index (χ3n) is 1.02. The van der Waals surface area contributed by atoms with E-state index in [-0.39, 0.29) is 13.1 Å². The Kier molecular flexibility index (Phi) is 10.9. The lowest BCUT2D eigenvalue weighted by Gasteiger charge is -2.00. The summed E-state index contributed by atoms with van der Waals surface area (Å²) in [6, 6.07) is 1.11. The number of alkyl halides is 4. The van der Waals surface area contributed by atoms with Crippen LogP contribution in [0.25, 0.3) is 0 Å². The normalized spacial score (nSPS) is 10.8. The van der Waals surface area contributed by atoms with Gasteiger partial charge in [0.05, 0.1) is 6.67 Å². The molecule has 0 amide bonds. The molecule has 0 aliphatic heterocycles. The molecular formula is C7H16F4Si. The van der Waals surface area contributed by atoms with Gasteiger partial charge in [-0.2, -0.15) is 13.2 Å². The van der Waals surface area contributed by atoms with E-state index in [0.29, 0.717) is 0 Å². The van der Waals surface area contributed by atoms with Crippen LogP contribution in [0.3, 0.4) is 0 Å². The second-order valence-electron chi connectivity index (χ2n) is 2.41. The van der Waals surface area contributed by atoms with Gasteiger partial charge < -0.3 is 0 Å². The summed E-state index contributed by atoms with van der Waals surface area (Å²) in [5.74, 6) is 0. The van der Waals surface area contributed by atoms with Gasteiger partial charge in [0.25, 0.3) is 0 Å². The topological polar surface area (TPSA) is 0 Å². The summed E-state index contributed by atoms with van der Waals surface area (Å²) in [6.07, 6.45) is -3.64. The maximum Gasteiger partial charge on any atom is 0.389 e. The van der Waals surface area contributed by atoms with Crippen LogP contribution in [0.2, 0.25) is 6.04 Å². The number of hydrogen-bond donors (Lipinski definition) is 0. The van der Waals surface area contributed by atoms with Crippen molar-refractivity contribution in [1.82, 2.24) is 0 Å². The molecule has 0 aliphatic carbocycles. The van der Waals surface area contributed by atoms with E-state index in [2.05, 4.69) is 0 Å². The van der Waals surface area contributed by atoms with Crippen LogP contribution in [0.4, 0.5) is 17.6 Å². The molecule has 0 fully saturated rings. The van der Waals surface area contributed by atoms with Gasteiger partial charge in [0.15, 0.2) is 0 Å². The van der Waals surface area contributed by atoms with Crippen LogP contribution < -0.4 is 0 Å². The minimum absolute atomic E-state index is 0.122. The minimum Gasteiger partial charge on any atom is -0.251 e. The Labute approximate surface area is 73.8 Å². The SMILES string of the molecule is CCCC(F)(F)F.FCCC[SiH3]. The molecule has 0 aromatic heterocycles. The molecule has 0 saturated heterocycles. The van der Waals surface area contributed by atoms with Crippen LogP contribution in [-0.4, -0.2) is 23.1 Å². The number of rotatable bonds is 3. The molecule has 0 aromatic carbocycles. The zero-order valence-electron chi connectivity index (χ0n) is 7.55. The highest BCUT2D eigenvalue weighted by molar-refractivity contribution is 6.08. The Balaban J connectivity index is 0. The fraction of sp³-hybridized carbons (Fsp3) is 1.00. The number of hydrogen-bond acceptors (Lipinski definition) is 0. The van der Waals surface area contributed by atoms with Crippen molar-refractivity contribution in [2.75, 3.05) is 6.67 Å². The smallest absolute Gasteiger partial charge is 0.251 e. The van der Waals surface area contributed by atoms with E-state index in [0.717, 1.165) is 22.7 Å². The summed E-state index contributed by atoms with van der Waals surface area (Å²) in [5, 5.41) is 0. The van der Waals surface area contributed by atoms with Crippen molar-refractivity contribution in [2.45, 2.75) is 38.4 Å². The monoisotopic (exact) mass is 204 g/mol. The molecule has 0 saturated carbocycles. The maximum absolute atomic E-state index is 11.1. The van der Waals surface area contributed by atoms with Crippen molar-refractivity contribution >= 4 is 10.2 Å². The van der Waals surface area contributed by atoms with Gasteiger partial charge in [-0.3, -0.25) is 4.39 Å². The van der Waals surface area contributed by atoms with E-state index < -0.39 is 12.6 Å². The molecule has 0 radical (unpaired) electrons. The fourth-order valence-electron chi connectivity index (χ4n) is 0.417. The van der Waals surface area contributed by atoms with Gasteiger partial charge in [-0.1, -0.05) is 13.0 Å². The second-order valence-corrected chi connectivity index (χ2v) is 3.41. The van der Waals surface area contributed by atoms with Crippen molar-refractivity contribution < 1.29 is 17.6 Å². The summed E-state index contributed by atoms with van der Waals surface area (Å²) < 4.78 is 44.2. The lowest BCUT2D eigenvalue weighted by Crippen LogP contribution is -2.04. The molecule has 0 N–H and O–H groups in total. The Morgan fingerprint density at radius 3 is 1.75 bits per heavy atom. The zero-order chi connectivity index (χ0) is 10.0. The highest BCUT2D eigenvalue weighted by Gasteiger charge is 2.24. The Hall–Kier alpha value is -0.0631. The molecule has 76 valence electrons. The highest BCUT2D eigenvalue weighted by Crippen LogP contribution is 2.20. The molecular weight excluding hydrogens is 188 g/mol. The minimum atomic E-state index is -3.95. The van der Waals surface area contributed by atoms with E-state index in [1.807, 2.05) is 0 Å². The van der Waals surface area contributed by atoms with Gasteiger partial charge in [-0.15, -0.1) is 0 Å². The first kappa shape index (κ1) is 14.5. The molecule has 0 atom stereocenters. The summed E-state index contributed by atoms with van der Waals surface area (Å²) in [5.41, 5.74) is 0. The molecule has 5 heteroatoms. The third-order valence-corrected chi connectivity index (χ3v) is 1.73. The lowest BCUT2D eigenvalue weighted by atomic mass is 10.3. The van der Waals surface area contributed by atoms with Crippen LogP contribution in [0, 0.1) is 0 Å². The van der Waals surface area contributed by atoms with Gasteiger partial charge >= 0.3 is 6.18 Å². The Bertz CT molecular complexity index is 80.0. The quantitative estimate of drug-likeness (QED) is 0.489. The number of halogens is 4. The van der Waals surface area contributed by atoms with Gasteiger partial charge in [0.1, 0.15) is 0 Å². The molecule has 0 rings (SSSR count). The van der Waals surface area contributed by atoms with Crippen molar-refractivity contribution in [1.29, 1.82) is 0 Å². The van der Waals surface area contributed by atoms with Gasteiger partial charge in [0.2, 0.25) is 0 Å². The van der Waals surface area contributed by atoms with Crippen molar-refractivity contribution in [3.8, 4) is 0 Å². The molecule has 0 unspecified atom stereocenters. The molecule has 0 spiro atoms. The van der Waals surface area contributed by atoms with Gasteiger partial charge in [0, 0.05) is 16.7 Å². The van der Waals surface area contributed by atoms with Crippen molar-refractivity contribution in [2.24, 2.45) is 0 Å². The average molecular weight is 204 g/mol. The maximum atomic E-state index is 11.1. The first-order chi connectivity index (χ1) is 5.47. The first-order valence-corrected chi connectivity index (χ1v) is 5.52. The van der Waals surface area contributed by atoms with Gasteiger partial charge in [-0.05, 0) is 12.8 Å². The van der Waals surface area contributed by atoms with E-state index in [4.69, 9.17) is 0 Å². The van der Waals surface area contributed by atoms with Crippen LogP contribution in [-0.2, 0) is 0 Å². The van der Waals surface area contributed by atoms with E-state index in [1.165, 1.54) is 6.92 Å². The second kappa shape index (κ2) is 9.03. The van der Waals surface area contributed by atoms with E-state index in [9.17, 15) is 17.6 Å². The largest absolute Gasteiger partial charge is 0.389 e. The van der Waals surface area contributed by atoms with E-state index >= 15 is 0 Å². The molecule has 0 aromatic rings. The van der Waals surface area contributed by atoms with Crippen molar-refractivity contribution in [3.05, 3.63) is 0 Å². The first-order valence-electron chi connectivity index (χ1n) is 4.10. The Morgan fingerprint density at radius 2 is 1.75 bits per heavy atom. The molecule has 0 heterocycles. The predicted octanol–water partition coefficient (Wildman–Crippen LogP) is 2.48. The summed E-state index contributed by atoms with van der Waals surface area (Å²) in [7, 11) is 1.16. The molecule has 0 nitrogen and oxygen atoms in total. The summed E-state index contributed by atoms with van der Waals surface area (Å²) in [6.45, 7) is 1.39. The zero-order valence-corrected chi connectivity index (χ0v) is 9.55. The van der Waals surface area contributed by atoms with Crippen LogP contribution in [0.5, 0.6) is 0 Å². The highest BCUT2D eigenvalue weighted by atomic mass is 28.1. The van der Waals surface area contributed by atoms with Crippen LogP contribution >= 0.6 is 0 Å². The summed E-state index contributed by atoms with van der Waals surface area (Å²) >= 11 is 0. The summed E-state index contributed by atoms with van der Waals surface area (Å²) in [4.78, 5) is 0. The van der Waals surface area contributed by atoms with Crippen LogP contribution in [0.1, 0.15) is 26.2 Å². The predicted molar refractivity (Wildman–Crippen MR) is 46.3 cm³/mol. The average Bonchev–Trinajstić information content (AvgIpc) is 1.87. The van der Waals surface area contributed by atoms with E-state index in [1.54, 1.807) is 0 Å². The molecule has 0 aliphatic rings.